The lowest BCUT2D eigenvalue weighted by molar-refractivity contribution is 0.414. The van der Waals surface area contributed by atoms with E-state index in [4.69, 9.17) is 4.74 Å². The fourth-order valence-corrected chi connectivity index (χ4v) is 1.87. The third-order valence-electron chi connectivity index (χ3n) is 2.91. The van der Waals surface area contributed by atoms with Gasteiger partial charge in [0.1, 0.15) is 5.75 Å². The molecule has 0 aliphatic heterocycles. The van der Waals surface area contributed by atoms with Crippen LogP contribution in [0.5, 0.6) is 5.75 Å². The van der Waals surface area contributed by atoms with Crippen LogP contribution in [-0.2, 0) is 6.42 Å². The molecule has 2 rings (SSSR count). The quantitative estimate of drug-likeness (QED) is 0.802. The van der Waals surface area contributed by atoms with Crippen molar-refractivity contribution in [2.24, 2.45) is 0 Å². The Morgan fingerprint density at radius 1 is 1.12 bits per heavy atom. The maximum absolute atomic E-state index is 5.15. The van der Waals surface area contributed by atoms with Crippen LogP contribution in [0.4, 0.5) is 0 Å². The zero-order valence-electron chi connectivity index (χ0n) is 10.5. The maximum Gasteiger partial charge on any atom is 0.118 e. The molecule has 0 fully saturated rings. The summed E-state index contributed by atoms with van der Waals surface area (Å²) < 4.78 is 5.15. The summed E-state index contributed by atoms with van der Waals surface area (Å²) in [6.07, 6.45) is 2.89. The molecule has 2 nitrogen and oxygen atoms in total. The second-order valence-electron chi connectivity index (χ2n) is 4.28. The van der Waals surface area contributed by atoms with Gasteiger partial charge in [0, 0.05) is 11.9 Å². The van der Waals surface area contributed by atoms with Crippen molar-refractivity contribution in [2.75, 3.05) is 7.11 Å². The Morgan fingerprint density at radius 2 is 1.82 bits per heavy atom. The third kappa shape index (κ3) is 2.84. The summed E-state index contributed by atoms with van der Waals surface area (Å²) in [5, 5.41) is 0. The lowest BCUT2D eigenvalue weighted by Crippen LogP contribution is -1.95. The number of aromatic nitrogens is 1. The number of rotatable bonds is 3. The zero-order valence-corrected chi connectivity index (χ0v) is 10.5. The van der Waals surface area contributed by atoms with Crippen molar-refractivity contribution in [2.45, 2.75) is 20.3 Å². The monoisotopic (exact) mass is 227 g/mol. The predicted molar refractivity (Wildman–Crippen MR) is 69.5 cm³/mol. The minimum Gasteiger partial charge on any atom is -0.497 e. The highest BCUT2D eigenvalue weighted by molar-refractivity contribution is 5.34. The summed E-state index contributed by atoms with van der Waals surface area (Å²) >= 11 is 0. The van der Waals surface area contributed by atoms with Gasteiger partial charge < -0.3 is 4.74 Å². The van der Waals surface area contributed by atoms with E-state index in [0.717, 1.165) is 17.9 Å². The fraction of sp³-hybridized carbons (Fsp3) is 0.267. The number of nitrogens with zero attached hydrogens (tertiary/aromatic N) is 1. The second kappa shape index (κ2) is 5.00. The van der Waals surface area contributed by atoms with E-state index in [-0.39, 0.29) is 0 Å². The predicted octanol–water partition coefficient (Wildman–Crippen LogP) is 3.30. The Bertz CT molecular complexity index is 503. The first-order chi connectivity index (χ1) is 8.19. The summed E-state index contributed by atoms with van der Waals surface area (Å²) in [7, 11) is 1.68. The Morgan fingerprint density at radius 3 is 2.41 bits per heavy atom. The third-order valence-corrected chi connectivity index (χ3v) is 2.91. The van der Waals surface area contributed by atoms with Crippen molar-refractivity contribution in [1.29, 1.82) is 0 Å². The summed E-state index contributed by atoms with van der Waals surface area (Å²) in [6, 6.07) is 10.3. The van der Waals surface area contributed by atoms with Crippen LogP contribution in [0.1, 0.15) is 22.4 Å². The molecule has 0 radical (unpaired) electrons. The number of hydrogen-bond donors (Lipinski definition) is 0. The van der Waals surface area contributed by atoms with Gasteiger partial charge in [0.25, 0.3) is 0 Å². The number of pyridine rings is 1. The molecule has 1 aromatic heterocycles. The molecule has 17 heavy (non-hydrogen) atoms. The van der Waals surface area contributed by atoms with E-state index in [2.05, 4.69) is 30.1 Å². The molecular formula is C15H17NO. The Hall–Kier alpha value is -1.83. The molecule has 88 valence electrons. The minimum absolute atomic E-state index is 0.896. The molecule has 0 N–H and O–H groups in total. The van der Waals surface area contributed by atoms with E-state index in [1.165, 1.54) is 16.7 Å². The summed E-state index contributed by atoms with van der Waals surface area (Å²) in [5.41, 5.74) is 4.93. The van der Waals surface area contributed by atoms with E-state index >= 15 is 0 Å². The van der Waals surface area contributed by atoms with Gasteiger partial charge in [0.05, 0.1) is 7.11 Å². The molecular weight excluding hydrogens is 210 g/mol. The Labute approximate surface area is 102 Å². The average Bonchev–Trinajstić information content (AvgIpc) is 2.34. The van der Waals surface area contributed by atoms with Gasteiger partial charge >= 0.3 is 0 Å². The number of hydrogen-bond acceptors (Lipinski definition) is 2. The molecule has 0 aliphatic carbocycles. The first kappa shape index (κ1) is 11.6. The maximum atomic E-state index is 5.15. The average molecular weight is 227 g/mol. The van der Waals surface area contributed by atoms with Crippen molar-refractivity contribution >= 4 is 0 Å². The van der Waals surface area contributed by atoms with Crippen LogP contribution in [-0.4, -0.2) is 12.1 Å². The fourth-order valence-electron chi connectivity index (χ4n) is 1.87. The van der Waals surface area contributed by atoms with Gasteiger partial charge in [-0.2, -0.15) is 0 Å². The molecule has 0 amide bonds. The highest BCUT2D eigenvalue weighted by Gasteiger charge is 2.01. The molecule has 0 saturated heterocycles. The molecule has 1 heterocycles. The van der Waals surface area contributed by atoms with Crippen molar-refractivity contribution in [3.63, 3.8) is 0 Å². The van der Waals surface area contributed by atoms with Crippen molar-refractivity contribution in [1.82, 2.24) is 4.98 Å². The molecule has 0 spiro atoms. The number of ether oxygens (including phenoxy) is 1. The summed E-state index contributed by atoms with van der Waals surface area (Å²) in [5.74, 6) is 0.896. The van der Waals surface area contributed by atoms with Gasteiger partial charge in [-0.3, -0.25) is 4.98 Å². The normalized spacial score (nSPS) is 10.3. The van der Waals surface area contributed by atoms with Crippen molar-refractivity contribution < 1.29 is 4.74 Å². The Balaban J connectivity index is 2.19. The lowest BCUT2D eigenvalue weighted by Gasteiger charge is -2.07. The van der Waals surface area contributed by atoms with Crippen LogP contribution >= 0.6 is 0 Å². The van der Waals surface area contributed by atoms with Crippen molar-refractivity contribution in [3.8, 4) is 5.75 Å². The second-order valence-corrected chi connectivity index (χ2v) is 4.28. The first-order valence-corrected chi connectivity index (χ1v) is 5.74. The van der Waals surface area contributed by atoms with E-state index in [9.17, 15) is 0 Å². The highest BCUT2D eigenvalue weighted by atomic mass is 16.5. The molecule has 0 atom stereocenters. The highest BCUT2D eigenvalue weighted by Crippen LogP contribution is 2.16. The zero-order chi connectivity index (χ0) is 12.3. The van der Waals surface area contributed by atoms with Gasteiger partial charge in [-0.15, -0.1) is 0 Å². The molecule has 1 aromatic carbocycles. The summed E-state index contributed by atoms with van der Waals surface area (Å²) in [4.78, 5) is 4.35. The van der Waals surface area contributed by atoms with Crippen molar-refractivity contribution in [3.05, 3.63) is 58.9 Å². The summed E-state index contributed by atoms with van der Waals surface area (Å²) in [6.45, 7) is 4.15. The van der Waals surface area contributed by atoms with Gasteiger partial charge in [-0.25, -0.2) is 0 Å². The molecule has 0 aliphatic rings. The smallest absolute Gasteiger partial charge is 0.118 e. The van der Waals surface area contributed by atoms with Gasteiger partial charge in [-0.05, 0) is 55.2 Å². The van der Waals surface area contributed by atoms with Gasteiger partial charge in [0.2, 0.25) is 0 Å². The molecule has 0 bridgehead atoms. The van der Waals surface area contributed by atoms with Crippen LogP contribution in [0.2, 0.25) is 0 Å². The molecule has 2 aromatic rings. The SMILES string of the molecule is COc1ccc(Cc2cnc(C)cc2C)cc1. The first-order valence-electron chi connectivity index (χ1n) is 5.74. The Kier molecular flexibility index (Phi) is 3.43. The van der Waals surface area contributed by atoms with Crippen LogP contribution in [0, 0.1) is 13.8 Å². The molecule has 0 saturated carbocycles. The van der Waals surface area contributed by atoms with Crippen LogP contribution in [0.25, 0.3) is 0 Å². The lowest BCUT2D eigenvalue weighted by atomic mass is 10.0. The van der Waals surface area contributed by atoms with Gasteiger partial charge in [-0.1, -0.05) is 12.1 Å². The number of benzene rings is 1. The van der Waals surface area contributed by atoms with E-state index in [1.807, 2.05) is 25.3 Å². The van der Waals surface area contributed by atoms with Crippen LogP contribution < -0.4 is 4.74 Å². The standard InChI is InChI=1S/C15H17NO/c1-11-8-12(2)16-10-14(11)9-13-4-6-15(17-3)7-5-13/h4-8,10H,9H2,1-3H3. The largest absolute Gasteiger partial charge is 0.497 e. The van der Waals surface area contributed by atoms with Crippen LogP contribution in [0.15, 0.2) is 36.5 Å². The minimum atomic E-state index is 0.896. The topological polar surface area (TPSA) is 22.1 Å². The van der Waals surface area contributed by atoms with E-state index < -0.39 is 0 Å². The number of methoxy groups -OCH3 is 1. The molecule has 2 heteroatoms. The van der Waals surface area contributed by atoms with Gasteiger partial charge in [0.15, 0.2) is 0 Å². The molecule has 0 unspecified atom stereocenters. The van der Waals surface area contributed by atoms with E-state index in [1.54, 1.807) is 7.11 Å². The number of aryl methyl sites for hydroxylation is 2. The van der Waals surface area contributed by atoms with E-state index in [0.29, 0.717) is 0 Å². The van der Waals surface area contributed by atoms with Crippen LogP contribution in [0.3, 0.4) is 0 Å².